The largest absolute Gasteiger partial charge is 0.343 e. The van der Waals surface area contributed by atoms with Crippen LogP contribution in [-0.2, 0) is 4.79 Å². The summed E-state index contributed by atoms with van der Waals surface area (Å²) >= 11 is 0. The van der Waals surface area contributed by atoms with Crippen molar-refractivity contribution in [3.05, 3.63) is 0 Å². The summed E-state index contributed by atoms with van der Waals surface area (Å²) in [4.78, 5) is 16.5. The minimum absolute atomic E-state index is 0.280. The van der Waals surface area contributed by atoms with Crippen molar-refractivity contribution in [1.29, 1.82) is 0 Å². The van der Waals surface area contributed by atoms with E-state index in [0.717, 1.165) is 25.7 Å². The molecule has 1 saturated heterocycles. The number of nitrogens with zero attached hydrogens (tertiary/aromatic N) is 2. The highest BCUT2D eigenvalue weighted by molar-refractivity contribution is 5.76. The second-order valence-electron chi connectivity index (χ2n) is 5.98. The molecule has 1 saturated carbocycles. The summed E-state index contributed by atoms with van der Waals surface area (Å²) in [6, 6.07) is 2.16. The number of hydrogen-bond acceptors (Lipinski definition) is 3. The molecule has 1 aliphatic heterocycles. The van der Waals surface area contributed by atoms with Crippen molar-refractivity contribution in [2.75, 3.05) is 26.2 Å². The Hall–Kier alpha value is -0.610. The molecule has 2 rings (SSSR count). The van der Waals surface area contributed by atoms with Crippen molar-refractivity contribution < 1.29 is 4.79 Å². The topological polar surface area (TPSA) is 35.6 Å². The zero-order valence-electron chi connectivity index (χ0n) is 12.7. The van der Waals surface area contributed by atoms with E-state index >= 15 is 0 Å². The molecule has 1 aliphatic carbocycles. The number of rotatable bonds is 7. The zero-order valence-corrected chi connectivity index (χ0v) is 12.7. The molecule has 19 heavy (non-hydrogen) atoms. The first kappa shape index (κ1) is 14.8. The molecule has 1 heterocycles. The standard InChI is InChI=1S/C15H29N3O/c1-4-17(5-2)15(19)8-9-16-13-10-12(3)18(11-13)14-6-7-14/h12-14,16H,4-11H2,1-3H3. The molecule has 4 heteroatoms. The van der Waals surface area contributed by atoms with Gasteiger partial charge in [-0.25, -0.2) is 0 Å². The molecule has 0 radical (unpaired) electrons. The number of amides is 1. The van der Waals surface area contributed by atoms with E-state index in [9.17, 15) is 4.79 Å². The summed E-state index contributed by atoms with van der Waals surface area (Å²) in [6.45, 7) is 10.1. The number of likely N-dealkylation sites (tertiary alicyclic amines) is 1. The van der Waals surface area contributed by atoms with Crippen LogP contribution in [0.25, 0.3) is 0 Å². The van der Waals surface area contributed by atoms with Crippen LogP contribution < -0.4 is 5.32 Å². The van der Waals surface area contributed by atoms with E-state index in [-0.39, 0.29) is 5.91 Å². The molecule has 4 nitrogen and oxygen atoms in total. The lowest BCUT2D eigenvalue weighted by atomic mass is 10.2. The maximum absolute atomic E-state index is 11.9. The minimum Gasteiger partial charge on any atom is -0.343 e. The summed E-state index contributed by atoms with van der Waals surface area (Å²) in [5.74, 6) is 0.280. The van der Waals surface area contributed by atoms with Gasteiger partial charge in [-0.15, -0.1) is 0 Å². The Labute approximate surface area is 117 Å². The van der Waals surface area contributed by atoms with Crippen molar-refractivity contribution in [3.8, 4) is 0 Å². The third kappa shape index (κ3) is 3.93. The summed E-state index contributed by atoms with van der Waals surface area (Å²) in [7, 11) is 0. The highest BCUT2D eigenvalue weighted by Crippen LogP contribution is 2.33. The van der Waals surface area contributed by atoms with Gasteiger partial charge in [0, 0.05) is 50.7 Å². The van der Waals surface area contributed by atoms with E-state index < -0.39 is 0 Å². The van der Waals surface area contributed by atoms with Crippen LogP contribution in [0.1, 0.15) is 46.5 Å². The Kier molecular flexibility index (Phi) is 5.22. The van der Waals surface area contributed by atoms with Gasteiger partial charge in [-0.3, -0.25) is 9.69 Å². The molecular weight excluding hydrogens is 238 g/mol. The molecule has 0 bridgehead atoms. The Morgan fingerprint density at radius 3 is 2.58 bits per heavy atom. The van der Waals surface area contributed by atoms with Gasteiger partial charge in [-0.2, -0.15) is 0 Å². The lowest BCUT2D eigenvalue weighted by Gasteiger charge is -2.20. The summed E-state index contributed by atoms with van der Waals surface area (Å²) in [5, 5.41) is 3.57. The van der Waals surface area contributed by atoms with Crippen molar-refractivity contribution >= 4 is 5.91 Å². The molecule has 1 amide bonds. The summed E-state index contributed by atoms with van der Waals surface area (Å²) in [5.41, 5.74) is 0. The van der Waals surface area contributed by atoms with E-state index in [4.69, 9.17) is 0 Å². The number of nitrogens with one attached hydrogen (secondary N) is 1. The fraction of sp³-hybridized carbons (Fsp3) is 0.933. The van der Waals surface area contributed by atoms with Gasteiger partial charge in [-0.1, -0.05) is 0 Å². The second-order valence-corrected chi connectivity index (χ2v) is 5.98. The molecule has 0 aromatic carbocycles. The average Bonchev–Trinajstić information content (AvgIpc) is 3.15. The second kappa shape index (κ2) is 6.71. The van der Waals surface area contributed by atoms with Crippen LogP contribution in [0.4, 0.5) is 0 Å². The average molecular weight is 267 g/mol. The lowest BCUT2D eigenvalue weighted by molar-refractivity contribution is -0.130. The van der Waals surface area contributed by atoms with E-state index in [0.29, 0.717) is 18.5 Å². The van der Waals surface area contributed by atoms with Crippen LogP contribution in [-0.4, -0.2) is 60.0 Å². The van der Waals surface area contributed by atoms with Gasteiger partial charge in [0.05, 0.1) is 0 Å². The SMILES string of the molecule is CCN(CC)C(=O)CCNC1CC(C)N(C2CC2)C1. The van der Waals surface area contributed by atoms with Crippen LogP contribution in [0.2, 0.25) is 0 Å². The number of carbonyl (C=O) groups is 1. The lowest BCUT2D eigenvalue weighted by Crippen LogP contribution is -2.37. The van der Waals surface area contributed by atoms with Gasteiger partial charge in [0.1, 0.15) is 0 Å². The van der Waals surface area contributed by atoms with Crippen molar-refractivity contribution in [2.45, 2.75) is 64.6 Å². The predicted octanol–water partition coefficient (Wildman–Crippen LogP) is 1.46. The molecule has 2 fully saturated rings. The highest BCUT2D eigenvalue weighted by atomic mass is 16.2. The van der Waals surface area contributed by atoms with E-state index in [2.05, 4.69) is 17.1 Å². The maximum atomic E-state index is 11.9. The molecule has 1 N–H and O–H groups in total. The molecule has 2 atom stereocenters. The predicted molar refractivity (Wildman–Crippen MR) is 78.1 cm³/mol. The van der Waals surface area contributed by atoms with Crippen molar-refractivity contribution in [2.24, 2.45) is 0 Å². The Morgan fingerprint density at radius 2 is 2.00 bits per heavy atom. The highest BCUT2D eigenvalue weighted by Gasteiger charge is 2.38. The fourth-order valence-corrected chi connectivity index (χ4v) is 3.24. The smallest absolute Gasteiger partial charge is 0.223 e. The van der Waals surface area contributed by atoms with Crippen molar-refractivity contribution in [1.82, 2.24) is 15.1 Å². The van der Waals surface area contributed by atoms with Crippen molar-refractivity contribution in [3.63, 3.8) is 0 Å². The van der Waals surface area contributed by atoms with Crippen LogP contribution in [0.15, 0.2) is 0 Å². The van der Waals surface area contributed by atoms with Crippen LogP contribution in [0, 0.1) is 0 Å². The third-order valence-corrected chi connectivity index (χ3v) is 4.53. The van der Waals surface area contributed by atoms with Crippen LogP contribution in [0.3, 0.4) is 0 Å². The Balaban J connectivity index is 1.65. The Morgan fingerprint density at radius 1 is 1.32 bits per heavy atom. The normalized spacial score (nSPS) is 27.7. The first-order valence-corrected chi connectivity index (χ1v) is 7.92. The number of hydrogen-bond donors (Lipinski definition) is 1. The first-order chi connectivity index (χ1) is 9.15. The molecule has 110 valence electrons. The van der Waals surface area contributed by atoms with E-state index in [1.54, 1.807) is 0 Å². The summed E-state index contributed by atoms with van der Waals surface area (Å²) in [6.07, 6.45) is 4.64. The van der Waals surface area contributed by atoms with Gasteiger partial charge < -0.3 is 10.2 Å². The van der Waals surface area contributed by atoms with Gasteiger partial charge >= 0.3 is 0 Å². The van der Waals surface area contributed by atoms with Crippen LogP contribution >= 0.6 is 0 Å². The van der Waals surface area contributed by atoms with Crippen LogP contribution in [0.5, 0.6) is 0 Å². The maximum Gasteiger partial charge on any atom is 0.223 e. The minimum atomic E-state index is 0.280. The van der Waals surface area contributed by atoms with Gasteiger partial charge in [0.2, 0.25) is 5.91 Å². The fourth-order valence-electron chi connectivity index (χ4n) is 3.24. The first-order valence-electron chi connectivity index (χ1n) is 7.92. The quantitative estimate of drug-likeness (QED) is 0.758. The van der Waals surface area contributed by atoms with Gasteiger partial charge in [-0.05, 0) is 40.0 Å². The van der Waals surface area contributed by atoms with Gasteiger partial charge in [0.25, 0.3) is 0 Å². The molecule has 0 spiro atoms. The summed E-state index contributed by atoms with van der Waals surface area (Å²) < 4.78 is 0. The molecule has 2 unspecified atom stereocenters. The molecule has 0 aromatic rings. The molecule has 2 aliphatic rings. The van der Waals surface area contributed by atoms with Gasteiger partial charge in [0.15, 0.2) is 0 Å². The molecular formula is C15H29N3O. The van der Waals surface area contributed by atoms with E-state index in [1.807, 2.05) is 18.7 Å². The Bertz CT molecular complexity index is 300. The zero-order chi connectivity index (χ0) is 13.8. The third-order valence-electron chi connectivity index (χ3n) is 4.53. The number of carbonyl (C=O) groups excluding carboxylic acids is 1. The van der Waals surface area contributed by atoms with E-state index in [1.165, 1.54) is 25.8 Å². The molecule has 0 aromatic heterocycles. The monoisotopic (exact) mass is 267 g/mol.